The van der Waals surface area contributed by atoms with Crippen molar-refractivity contribution in [1.82, 2.24) is 0 Å². The Hall–Kier alpha value is -0.0400. The van der Waals surface area contributed by atoms with Gasteiger partial charge in [-0.1, -0.05) is 65.2 Å². The quantitative estimate of drug-likeness (QED) is 0.556. The summed E-state index contributed by atoms with van der Waals surface area (Å²) in [5.74, 6) is 1.75. The summed E-state index contributed by atoms with van der Waals surface area (Å²) in [5, 5.41) is 0. The first-order chi connectivity index (χ1) is 8.74. The Balaban J connectivity index is 1.93. The summed E-state index contributed by atoms with van der Waals surface area (Å²) in [6, 6.07) is 0.505. The van der Waals surface area contributed by atoms with Crippen LogP contribution in [0.15, 0.2) is 0 Å². The lowest BCUT2D eigenvalue weighted by atomic mass is 9.77. The van der Waals surface area contributed by atoms with Crippen LogP contribution in [0.1, 0.15) is 90.9 Å². The van der Waals surface area contributed by atoms with Gasteiger partial charge in [0.05, 0.1) is 0 Å². The van der Waals surface area contributed by atoms with E-state index in [2.05, 4.69) is 13.8 Å². The van der Waals surface area contributed by atoms with Crippen molar-refractivity contribution in [2.45, 2.75) is 96.9 Å². The molecule has 108 valence electrons. The average molecular weight is 253 g/mol. The molecule has 0 saturated heterocycles. The lowest BCUT2D eigenvalue weighted by molar-refractivity contribution is 0.229. The third-order valence-corrected chi connectivity index (χ3v) is 4.73. The van der Waals surface area contributed by atoms with Gasteiger partial charge < -0.3 is 5.73 Å². The lowest BCUT2D eigenvalue weighted by Crippen LogP contribution is -2.35. The Morgan fingerprint density at radius 3 is 2.17 bits per heavy atom. The number of rotatable bonds is 9. The third kappa shape index (κ3) is 6.78. The summed E-state index contributed by atoms with van der Waals surface area (Å²) < 4.78 is 0. The van der Waals surface area contributed by atoms with Crippen LogP contribution in [0.5, 0.6) is 0 Å². The lowest BCUT2D eigenvalue weighted by Gasteiger charge is -2.32. The maximum atomic E-state index is 6.24. The SMILES string of the molecule is CCCCCCCCCCC1CC(C)CCC1N. The zero-order valence-electron chi connectivity index (χ0n) is 12.8. The van der Waals surface area contributed by atoms with Crippen LogP contribution in [0.2, 0.25) is 0 Å². The van der Waals surface area contributed by atoms with E-state index in [0.29, 0.717) is 6.04 Å². The highest BCUT2D eigenvalue weighted by Crippen LogP contribution is 2.31. The molecule has 1 fully saturated rings. The molecule has 0 spiro atoms. The zero-order valence-corrected chi connectivity index (χ0v) is 12.8. The van der Waals surface area contributed by atoms with E-state index < -0.39 is 0 Å². The summed E-state index contributed by atoms with van der Waals surface area (Å²) in [7, 11) is 0. The van der Waals surface area contributed by atoms with Crippen LogP contribution in [0, 0.1) is 11.8 Å². The average Bonchev–Trinajstić information content (AvgIpc) is 2.36. The standard InChI is InChI=1S/C17H35N/c1-3-4-5-6-7-8-9-10-11-16-14-15(2)12-13-17(16)18/h15-17H,3-14,18H2,1-2H3. The topological polar surface area (TPSA) is 26.0 Å². The van der Waals surface area contributed by atoms with Gasteiger partial charge in [0.2, 0.25) is 0 Å². The predicted molar refractivity (Wildman–Crippen MR) is 81.7 cm³/mol. The van der Waals surface area contributed by atoms with Crippen LogP contribution in [-0.2, 0) is 0 Å². The molecule has 1 nitrogen and oxygen atoms in total. The van der Waals surface area contributed by atoms with Gasteiger partial charge in [-0.3, -0.25) is 0 Å². The van der Waals surface area contributed by atoms with Crippen molar-refractivity contribution in [2.75, 3.05) is 0 Å². The number of nitrogens with two attached hydrogens (primary N) is 1. The molecule has 0 aromatic heterocycles. The predicted octanol–water partition coefficient (Wildman–Crippen LogP) is 5.28. The van der Waals surface area contributed by atoms with E-state index in [1.165, 1.54) is 77.0 Å². The molecule has 3 unspecified atom stereocenters. The van der Waals surface area contributed by atoms with E-state index in [4.69, 9.17) is 5.73 Å². The van der Waals surface area contributed by atoms with Crippen LogP contribution in [0.3, 0.4) is 0 Å². The molecule has 2 N–H and O–H groups in total. The monoisotopic (exact) mass is 253 g/mol. The molecule has 3 atom stereocenters. The number of hydrogen-bond donors (Lipinski definition) is 1. The van der Waals surface area contributed by atoms with E-state index in [1.54, 1.807) is 0 Å². The second-order valence-corrected chi connectivity index (χ2v) is 6.61. The van der Waals surface area contributed by atoms with Crippen molar-refractivity contribution in [2.24, 2.45) is 17.6 Å². The summed E-state index contributed by atoms with van der Waals surface area (Å²) >= 11 is 0. The first-order valence-electron chi connectivity index (χ1n) is 8.49. The minimum atomic E-state index is 0.505. The summed E-state index contributed by atoms with van der Waals surface area (Å²) in [6.07, 6.45) is 16.8. The Morgan fingerprint density at radius 2 is 1.50 bits per heavy atom. The maximum absolute atomic E-state index is 6.24. The van der Waals surface area contributed by atoms with Crippen LogP contribution < -0.4 is 5.73 Å². The highest BCUT2D eigenvalue weighted by Gasteiger charge is 2.25. The van der Waals surface area contributed by atoms with Gasteiger partial charge in [0.15, 0.2) is 0 Å². The molecule has 1 aliphatic rings. The molecule has 0 bridgehead atoms. The number of unbranched alkanes of at least 4 members (excludes halogenated alkanes) is 7. The Bertz CT molecular complexity index is 190. The summed E-state index contributed by atoms with van der Waals surface area (Å²) in [6.45, 7) is 4.68. The molecular weight excluding hydrogens is 218 g/mol. The van der Waals surface area contributed by atoms with Crippen LogP contribution in [-0.4, -0.2) is 6.04 Å². The Kier molecular flexibility index (Phi) is 8.75. The zero-order chi connectivity index (χ0) is 13.2. The summed E-state index contributed by atoms with van der Waals surface area (Å²) in [5.41, 5.74) is 6.24. The van der Waals surface area contributed by atoms with Gasteiger partial charge in [0, 0.05) is 6.04 Å². The van der Waals surface area contributed by atoms with Gasteiger partial charge in [0.1, 0.15) is 0 Å². The molecule has 0 radical (unpaired) electrons. The van der Waals surface area contributed by atoms with E-state index in [-0.39, 0.29) is 0 Å². The fourth-order valence-corrected chi connectivity index (χ4v) is 3.39. The van der Waals surface area contributed by atoms with E-state index >= 15 is 0 Å². The van der Waals surface area contributed by atoms with Gasteiger partial charge in [-0.2, -0.15) is 0 Å². The van der Waals surface area contributed by atoms with Crippen molar-refractivity contribution in [3.05, 3.63) is 0 Å². The highest BCUT2D eigenvalue weighted by molar-refractivity contribution is 4.80. The molecule has 0 heterocycles. The minimum absolute atomic E-state index is 0.505. The normalized spacial score (nSPS) is 28.5. The molecule has 0 aromatic carbocycles. The molecule has 18 heavy (non-hydrogen) atoms. The Labute approximate surface area is 115 Å². The second-order valence-electron chi connectivity index (χ2n) is 6.61. The van der Waals surface area contributed by atoms with Crippen molar-refractivity contribution in [3.63, 3.8) is 0 Å². The van der Waals surface area contributed by atoms with Crippen molar-refractivity contribution in [3.8, 4) is 0 Å². The third-order valence-electron chi connectivity index (χ3n) is 4.73. The minimum Gasteiger partial charge on any atom is -0.327 e. The molecule has 1 heteroatoms. The first-order valence-corrected chi connectivity index (χ1v) is 8.49. The molecule has 1 rings (SSSR count). The van der Waals surface area contributed by atoms with Crippen molar-refractivity contribution < 1.29 is 0 Å². The van der Waals surface area contributed by atoms with Crippen LogP contribution in [0.25, 0.3) is 0 Å². The van der Waals surface area contributed by atoms with Crippen molar-refractivity contribution in [1.29, 1.82) is 0 Å². The molecule has 0 amide bonds. The van der Waals surface area contributed by atoms with E-state index in [0.717, 1.165) is 11.8 Å². The van der Waals surface area contributed by atoms with Crippen LogP contribution >= 0.6 is 0 Å². The first kappa shape index (κ1) is 16.0. The molecular formula is C17H35N. The highest BCUT2D eigenvalue weighted by atomic mass is 14.7. The molecule has 0 aromatic rings. The van der Waals surface area contributed by atoms with Gasteiger partial charge in [-0.15, -0.1) is 0 Å². The maximum Gasteiger partial charge on any atom is 0.00673 e. The summed E-state index contributed by atoms with van der Waals surface area (Å²) in [4.78, 5) is 0. The van der Waals surface area contributed by atoms with Gasteiger partial charge >= 0.3 is 0 Å². The smallest absolute Gasteiger partial charge is 0.00673 e. The second kappa shape index (κ2) is 9.83. The van der Waals surface area contributed by atoms with E-state index in [9.17, 15) is 0 Å². The van der Waals surface area contributed by atoms with Crippen molar-refractivity contribution >= 4 is 0 Å². The molecule has 1 saturated carbocycles. The van der Waals surface area contributed by atoms with E-state index in [1.807, 2.05) is 0 Å². The molecule has 1 aliphatic carbocycles. The van der Waals surface area contributed by atoms with Gasteiger partial charge in [0.25, 0.3) is 0 Å². The van der Waals surface area contributed by atoms with Gasteiger partial charge in [-0.05, 0) is 37.5 Å². The molecule has 0 aliphatic heterocycles. The fraction of sp³-hybridized carbons (Fsp3) is 1.00. The largest absolute Gasteiger partial charge is 0.327 e. The number of hydrogen-bond acceptors (Lipinski definition) is 1. The van der Waals surface area contributed by atoms with Crippen LogP contribution in [0.4, 0.5) is 0 Å². The Morgan fingerprint density at radius 1 is 0.889 bits per heavy atom. The van der Waals surface area contributed by atoms with Gasteiger partial charge in [-0.25, -0.2) is 0 Å². The fourth-order valence-electron chi connectivity index (χ4n) is 3.39.